The Kier molecular flexibility index (Phi) is 4.11. The maximum Gasteiger partial charge on any atom is 0.219 e. The number of hydrogen-bond donors (Lipinski definition) is 1. The van der Waals surface area contributed by atoms with E-state index in [0.29, 0.717) is 6.42 Å². The monoisotopic (exact) mass is 192 g/mol. The Bertz CT molecular complexity index is 285. The quantitative estimate of drug-likeness (QED) is 0.786. The Balaban J connectivity index is 2.41. The highest BCUT2D eigenvalue weighted by atomic mass is 16.1. The normalized spacial score (nSPS) is 12.1. The Morgan fingerprint density at radius 2 is 2.36 bits per heavy atom. The van der Waals surface area contributed by atoms with Gasteiger partial charge >= 0.3 is 0 Å². The zero-order valence-corrected chi connectivity index (χ0v) is 8.66. The van der Waals surface area contributed by atoms with Gasteiger partial charge in [0, 0.05) is 30.8 Å². The van der Waals surface area contributed by atoms with E-state index >= 15 is 0 Å². The predicted octanol–water partition coefficient (Wildman–Crippen LogP) is 1.54. The lowest BCUT2D eigenvalue weighted by molar-refractivity contribution is -0.121. The summed E-state index contributed by atoms with van der Waals surface area (Å²) in [7, 11) is 0. The van der Waals surface area contributed by atoms with Crippen molar-refractivity contribution in [1.82, 2.24) is 10.3 Å². The number of pyridine rings is 1. The Hall–Kier alpha value is -1.38. The fraction of sp³-hybridized carbons (Fsp3) is 0.455. The van der Waals surface area contributed by atoms with Gasteiger partial charge < -0.3 is 5.32 Å². The van der Waals surface area contributed by atoms with Gasteiger partial charge in [-0.1, -0.05) is 13.0 Å². The Morgan fingerprint density at radius 3 is 2.93 bits per heavy atom. The van der Waals surface area contributed by atoms with Gasteiger partial charge in [-0.3, -0.25) is 9.78 Å². The molecule has 1 N–H and O–H groups in total. The van der Waals surface area contributed by atoms with Gasteiger partial charge in [0.25, 0.3) is 0 Å². The number of nitrogens with zero attached hydrogens (tertiary/aromatic N) is 1. The minimum Gasteiger partial charge on any atom is -0.353 e. The van der Waals surface area contributed by atoms with E-state index in [-0.39, 0.29) is 11.9 Å². The maximum atomic E-state index is 11.1. The average molecular weight is 192 g/mol. The Morgan fingerprint density at radius 1 is 1.57 bits per heavy atom. The number of nitrogens with one attached hydrogen (secondary N) is 1. The SMILES string of the molecule is CCC(=O)N[C@@H](C)Cc1ccccn1. The lowest BCUT2D eigenvalue weighted by Gasteiger charge is -2.12. The first-order chi connectivity index (χ1) is 6.72. The number of carbonyl (C=O) groups excluding carboxylic acids is 1. The van der Waals surface area contributed by atoms with Crippen molar-refractivity contribution in [2.24, 2.45) is 0 Å². The summed E-state index contributed by atoms with van der Waals surface area (Å²) in [5, 5.41) is 2.90. The van der Waals surface area contributed by atoms with Crippen LogP contribution in [0.25, 0.3) is 0 Å². The first-order valence-electron chi connectivity index (χ1n) is 4.91. The molecule has 14 heavy (non-hydrogen) atoms. The van der Waals surface area contributed by atoms with Gasteiger partial charge in [0.2, 0.25) is 5.91 Å². The molecule has 0 aliphatic rings. The van der Waals surface area contributed by atoms with Crippen molar-refractivity contribution in [2.45, 2.75) is 32.7 Å². The molecule has 0 spiro atoms. The van der Waals surface area contributed by atoms with E-state index in [4.69, 9.17) is 0 Å². The zero-order valence-electron chi connectivity index (χ0n) is 8.66. The standard InChI is InChI=1S/C11H16N2O/c1-3-11(14)13-9(2)8-10-6-4-5-7-12-10/h4-7,9H,3,8H2,1-2H3,(H,13,14)/t9-/m0/s1. The topological polar surface area (TPSA) is 42.0 Å². The molecule has 76 valence electrons. The van der Waals surface area contributed by atoms with Crippen molar-refractivity contribution in [3.05, 3.63) is 30.1 Å². The molecule has 0 aliphatic carbocycles. The molecule has 3 heteroatoms. The maximum absolute atomic E-state index is 11.1. The molecular formula is C11H16N2O. The lowest BCUT2D eigenvalue weighted by atomic mass is 10.1. The molecule has 0 aromatic carbocycles. The summed E-state index contributed by atoms with van der Waals surface area (Å²) in [6.45, 7) is 3.84. The smallest absolute Gasteiger partial charge is 0.219 e. The molecule has 0 unspecified atom stereocenters. The van der Waals surface area contributed by atoms with Crippen molar-refractivity contribution in [3.63, 3.8) is 0 Å². The van der Waals surface area contributed by atoms with Gasteiger partial charge in [0.1, 0.15) is 0 Å². The van der Waals surface area contributed by atoms with Gasteiger partial charge in [-0.05, 0) is 19.1 Å². The summed E-state index contributed by atoms with van der Waals surface area (Å²) in [5.74, 6) is 0.0911. The molecule has 0 radical (unpaired) electrons. The van der Waals surface area contributed by atoms with E-state index in [9.17, 15) is 4.79 Å². The summed E-state index contributed by atoms with van der Waals surface area (Å²) in [4.78, 5) is 15.3. The summed E-state index contributed by atoms with van der Waals surface area (Å²) in [6, 6.07) is 5.96. The summed E-state index contributed by atoms with van der Waals surface area (Å²) < 4.78 is 0. The van der Waals surface area contributed by atoms with E-state index in [1.807, 2.05) is 32.0 Å². The van der Waals surface area contributed by atoms with E-state index in [1.54, 1.807) is 6.20 Å². The molecule has 1 aromatic heterocycles. The molecular weight excluding hydrogens is 176 g/mol. The van der Waals surface area contributed by atoms with Crippen LogP contribution in [0.3, 0.4) is 0 Å². The van der Waals surface area contributed by atoms with Gasteiger partial charge in [-0.25, -0.2) is 0 Å². The van der Waals surface area contributed by atoms with Crippen LogP contribution in [0, 0.1) is 0 Å². The summed E-state index contributed by atoms with van der Waals surface area (Å²) in [5.41, 5.74) is 1.01. The van der Waals surface area contributed by atoms with Gasteiger partial charge in [0.15, 0.2) is 0 Å². The van der Waals surface area contributed by atoms with E-state index in [2.05, 4.69) is 10.3 Å². The van der Waals surface area contributed by atoms with Crippen LogP contribution in [0.5, 0.6) is 0 Å². The van der Waals surface area contributed by atoms with Crippen LogP contribution in [0.15, 0.2) is 24.4 Å². The van der Waals surface area contributed by atoms with Crippen LogP contribution < -0.4 is 5.32 Å². The molecule has 0 saturated heterocycles. The van der Waals surface area contributed by atoms with Crippen LogP contribution in [-0.4, -0.2) is 16.9 Å². The third-order valence-electron chi connectivity index (χ3n) is 1.97. The molecule has 0 aliphatic heterocycles. The number of aromatic nitrogens is 1. The molecule has 1 amide bonds. The van der Waals surface area contributed by atoms with Crippen LogP contribution in [0.1, 0.15) is 26.0 Å². The third kappa shape index (κ3) is 3.56. The highest BCUT2D eigenvalue weighted by Crippen LogP contribution is 1.98. The molecule has 1 rings (SSSR count). The second-order valence-corrected chi connectivity index (χ2v) is 3.35. The number of hydrogen-bond acceptors (Lipinski definition) is 2. The number of amides is 1. The minimum atomic E-state index is 0.0911. The van der Waals surface area contributed by atoms with Crippen molar-refractivity contribution < 1.29 is 4.79 Å². The van der Waals surface area contributed by atoms with Crippen molar-refractivity contribution >= 4 is 5.91 Å². The first-order valence-corrected chi connectivity index (χ1v) is 4.91. The summed E-state index contributed by atoms with van der Waals surface area (Å²) >= 11 is 0. The highest BCUT2D eigenvalue weighted by Gasteiger charge is 2.06. The zero-order chi connectivity index (χ0) is 10.4. The fourth-order valence-electron chi connectivity index (χ4n) is 1.26. The van der Waals surface area contributed by atoms with Crippen LogP contribution in [0.2, 0.25) is 0 Å². The molecule has 1 heterocycles. The molecule has 0 bridgehead atoms. The number of rotatable bonds is 4. The molecule has 3 nitrogen and oxygen atoms in total. The molecule has 0 fully saturated rings. The van der Waals surface area contributed by atoms with Crippen LogP contribution >= 0.6 is 0 Å². The van der Waals surface area contributed by atoms with Gasteiger partial charge in [-0.2, -0.15) is 0 Å². The van der Waals surface area contributed by atoms with Crippen LogP contribution in [0.4, 0.5) is 0 Å². The molecule has 0 saturated carbocycles. The largest absolute Gasteiger partial charge is 0.353 e. The average Bonchev–Trinajstić information content (AvgIpc) is 2.19. The van der Waals surface area contributed by atoms with E-state index in [1.165, 1.54) is 0 Å². The van der Waals surface area contributed by atoms with E-state index in [0.717, 1.165) is 12.1 Å². The van der Waals surface area contributed by atoms with Crippen molar-refractivity contribution in [1.29, 1.82) is 0 Å². The van der Waals surface area contributed by atoms with Gasteiger partial charge in [0.05, 0.1) is 0 Å². The second-order valence-electron chi connectivity index (χ2n) is 3.35. The first kappa shape index (κ1) is 10.7. The number of carbonyl (C=O) groups is 1. The van der Waals surface area contributed by atoms with Crippen molar-refractivity contribution in [3.8, 4) is 0 Å². The molecule has 1 aromatic rings. The predicted molar refractivity (Wildman–Crippen MR) is 55.8 cm³/mol. The Labute approximate surface area is 84.6 Å². The molecule has 1 atom stereocenters. The lowest BCUT2D eigenvalue weighted by Crippen LogP contribution is -2.33. The fourth-order valence-corrected chi connectivity index (χ4v) is 1.26. The van der Waals surface area contributed by atoms with E-state index < -0.39 is 0 Å². The second kappa shape index (κ2) is 5.37. The minimum absolute atomic E-state index is 0.0911. The third-order valence-corrected chi connectivity index (χ3v) is 1.97. The van der Waals surface area contributed by atoms with Gasteiger partial charge in [-0.15, -0.1) is 0 Å². The highest BCUT2D eigenvalue weighted by molar-refractivity contribution is 5.75. The summed E-state index contributed by atoms with van der Waals surface area (Å²) in [6.07, 6.45) is 3.09. The van der Waals surface area contributed by atoms with Crippen molar-refractivity contribution in [2.75, 3.05) is 0 Å². The van der Waals surface area contributed by atoms with Crippen LogP contribution in [-0.2, 0) is 11.2 Å².